The Morgan fingerprint density at radius 3 is 1.83 bits per heavy atom. The Hall–Kier alpha value is -2.69. The standard InChI is InChI=1S/C12H14O10S/c13-5-3-23(6(12(21)22)2-8(16)17)10(9(5)18)4(11(19)20)1-7(14)15/h3-4,6,13,18,23H,1-2H2,(H,14,15)(H,16,17)(H,19,20)(H,21,22). The zero-order chi connectivity index (χ0) is 17.9. The van der Waals surface area contributed by atoms with Crippen molar-refractivity contribution < 1.29 is 49.8 Å². The summed E-state index contributed by atoms with van der Waals surface area (Å²) in [5.41, 5.74) is 0. The van der Waals surface area contributed by atoms with E-state index < -0.39 is 75.2 Å². The number of thiol groups is 1. The molecule has 10 nitrogen and oxygen atoms in total. The summed E-state index contributed by atoms with van der Waals surface area (Å²) >= 11 is 0. The molecule has 128 valence electrons. The Kier molecular flexibility index (Phi) is 5.62. The topological polar surface area (TPSA) is 190 Å². The molecule has 0 aromatic rings. The number of aliphatic hydroxyl groups excluding tert-OH is 2. The Labute approximate surface area is 131 Å². The van der Waals surface area contributed by atoms with Gasteiger partial charge in [-0.3, -0.25) is 19.2 Å². The van der Waals surface area contributed by atoms with Gasteiger partial charge in [-0.2, -0.15) is 10.9 Å². The second-order valence-corrected chi connectivity index (χ2v) is 6.77. The Morgan fingerprint density at radius 1 is 0.913 bits per heavy atom. The van der Waals surface area contributed by atoms with Crippen LogP contribution in [0.5, 0.6) is 0 Å². The van der Waals surface area contributed by atoms with E-state index in [1.807, 2.05) is 0 Å². The number of hydrogen-bond donors (Lipinski definition) is 7. The van der Waals surface area contributed by atoms with Crippen LogP contribution in [0.1, 0.15) is 12.8 Å². The number of carboxylic acids is 4. The van der Waals surface area contributed by atoms with Crippen molar-refractivity contribution in [3.05, 3.63) is 21.8 Å². The number of hydrogen-bond acceptors (Lipinski definition) is 6. The molecule has 11 heteroatoms. The van der Waals surface area contributed by atoms with Gasteiger partial charge in [-0.15, -0.1) is 0 Å². The molecule has 0 saturated carbocycles. The lowest BCUT2D eigenvalue weighted by Gasteiger charge is -2.26. The molecule has 3 atom stereocenters. The highest BCUT2D eigenvalue weighted by Gasteiger charge is 2.41. The highest BCUT2D eigenvalue weighted by atomic mass is 32.2. The molecule has 6 N–H and O–H groups in total. The quantitative estimate of drug-likeness (QED) is 0.299. The average molecular weight is 350 g/mol. The van der Waals surface area contributed by atoms with Crippen molar-refractivity contribution in [2.75, 3.05) is 0 Å². The monoisotopic (exact) mass is 350 g/mol. The smallest absolute Gasteiger partial charge is 0.316 e. The van der Waals surface area contributed by atoms with Gasteiger partial charge in [0.05, 0.1) is 12.8 Å². The van der Waals surface area contributed by atoms with E-state index in [1.165, 1.54) is 0 Å². The van der Waals surface area contributed by atoms with E-state index in [0.29, 0.717) is 0 Å². The minimum absolute atomic E-state index is 0.471. The van der Waals surface area contributed by atoms with Gasteiger partial charge in [-0.1, -0.05) is 0 Å². The zero-order valence-electron chi connectivity index (χ0n) is 11.4. The molecule has 1 rings (SSSR count). The molecular weight excluding hydrogens is 336 g/mol. The lowest BCUT2D eigenvalue weighted by Crippen LogP contribution is -2.27. The van der Waals surface area contributed by atoms with Crippen LogP contribution in [-0.2, 0) is 19.2 Å². The molecule has 0 spiro atoms. The summed E-state index contributed by atoms with van der Waals surface area (Å²) in [6.45, 7) is 0. The van der Waals surface area contributed by atoms with Crippen LogP contribution in [-0.4, -0.2) is 59.8 Å². The van der Waals surface area contributed by atoms with Gasteiger partial charge < -0.3 is 30.6 Å². The molecule has 0 saturated heterocycles. The molecule has 0 fully saturated rings. The third kappa shape index (κ3) is 4.16. The van der Waals surface area contributed by atoms with Crippen LogP contribution in [0.4, 0.5) is 0 Å². The largest absolute Gasteiger partial charge is 0.504 e. The highest BCUT2D eigenvalue weighted by Crippen LogP contribution is 2.54. The molecular formula is C12H14O10S. The Morgan fingerprint density at radius 2 is 1.43 bits per heavy atom. The fraction of sp³-hybridized carbons (Fsp3) is 0.333. The summed E-state index contributed by atoms with van der Waals surface area (Å²) in [6, 6.07) is 0. The van der Waals surface area contributed by atoms with E-state index in [9.17, 15) is 29.4 Å². The predicted molar refractivity (Wildman–Crippen MR) is 76.4 cm³/mol. The Balaban J connectivity index is 3.34. The van der Waals surface area contributed by atoms with Gasteiger partial charge >= 0.3 is 23.9 Å². The molecule has 0 radical (unpaired) electrons. The molecule has 0 bridgehead atoms. The van der Waals surface area contributed by atoms with Crippen molar-refractivity contribution in [3.8, 4) is 0 Å². The van der Waals surface area contributed by atoms with E-state index in [-0.39, 0.29) is 0 Å². The van der Waals surface area contributed by atoms with Crippen molar-refractivity contribution in [3.63, 3.8) is 0 Å². The lowest BCUT2D eigenvalue weighted by atomic mass is 10.0. The first-order valence-electron chi connectivity index (χ1n) is 6.08. The number of rotatable bonds is 8. The van der Waals surface area contributed by atoms with Gasteiger partial charge in [0.1, 0.15) is 11.2 Å². The van der Waals surface area contributed by atoms with Crippen LogP contribution in [0.2, 0.25) is 0 Å². The van der Waals surface area contributed by atoms with Gasteiger partial charge in [-0.05, 0) is 0 Å². The van der Waals surface area contributed by atoms with E-state index in [4.69, 9.17) is 20.4 Å². The first-order chi connectivity index (χ1) is 10.6. The second kappa shape index (κ2) is 7.05. The normalized spacial score (nSPS) is 21.4. The minimum Gasteiger partial charge on any atom is -0.504 e. The zero-order valence-corrected chi connectivity index (χ0v) is 12.3. The molecule has 0 aromatic heterocycles. The summed E-state index contributed by atoms with van der Waals surface area (Å²) in [6.07, 6.45) is -1.82. The van der Waals surface area contributed by atoms with Gasteiger partial charge in [0.25, 0.3) is 0 Å². The molecule has 0 aliphatic carbocycles. The summed E-state index contributed by atoms with van der Waals surface area (Å²) in [5.74, 6) is -9.66. The van der Waals surface area contributed by atoms with Crippen molar-refractivity contribution in [1.29, 1.82) is 0 Å². The van der Waals surface area contributed by atoms with E-state index >= 15 is 0 Å². The molecule has 1 aliphatic heterocycles. The van der Waals surface area contributed by atoms with Gasteiger partial charge in [0.2, 0.25) is 0 Å². The summed E-state index contributed by atoms with van der Waals surface area (Å²) < 4.78 is 0. The molecule has 23 heavy (non-hydrogen) atoms. The van der Waals surface area contributed by atoms with Crippen molar-refractivity contribution in [1.82, 2.24) is 0 Å². The van der Waals surface area contributed by atoms with Crippen molar-refractivity contribution in [2.24, 2.45) is 5.92 Å². The molecule has 3 unspecified atom stereocenters. The maximum atomic E-state index is 11.3. The molecule has 1 heterocycles. The first kappa shape index (κ1) is 18.4. The maximum Gasteiger partial charge on any atom is 0.316 e. The second-order valence-electron chi connectivity index (χ2n) is 4.60. The van der Waals surface area contributed by atoms with Gasteiger partial charge in [-0.25, -0.2) is 0 Å². The molecule has 1 aliphatic rings. The maximum absolute atomic E-state index is 11.3. The first-order valence-corrected chi connectivity index (χ1v) is 7.56. The third-order valence-electron chi connectivity index (χ3n) is 3.02. The van der Waals surface area contributed by atoms with E-state index in [1.54, 1.807) is 0 Å². The van der Waals surface area contributed by atoms with Crippen LogP contribution in [0.15, 0.2) is 21.8 Å². The summed E-state index contributed by atoms with van der Waals surface area (Å²) in [4.78, 5) is 43.7. The molecule has 0 amide bonds. The SMILES string of the molecule is O=C(O)CC(C(=O)O)C1=C(O)C(O)=C[SH]1C(CC(=O)O)C(=O)O. The van der Waals surface area contributed by atoms with Crippen LogP contribution >= 0.6 is 10.9 Å². The summed E-state index contributed by atoms with van der Waals surface area (Å²) in [7, 11) is -2.23. The summed E-state index contributed by atoms with van der Waals surface area (Å²) in [5, 5.41) is 54.5. The number of aliphatic hydroxyl groups is 2. The van der Waals surface area contributed by atoms with Crippen LogP contribution in [0, 0.1) is 5.92 Å². The number of aliphatic carboxylic acids is 4. The number of carboxylic acid groups (broad SMARTS) is 4. The van der Waals surface area contributed by atoms with Crippen LogP contribution < -0.4 is 0 Å². The lowest BCUT2D eigenvalue weighted by molar-refractivity contribution is -0.146. The fourth-order valence-corrected chi connectivity index (χ4v) is 4.62. The fourth-order valence-electron chi connectivity index (χ4n) is 2.06. The van der Waals surface area contributed by atoms with Crippen molar-refractivity contribution in [2.45, 2.75) is 18.1 Å². The van der Waals surface area contributed by atoms with E-state index in [2.05, 4.69) is 0 Å². The Bertz CT molecular complexity index is 619. The van der Waals surface area contributed by atoms with Gasteiger partial charge in [0, 0.05) is 10.3 Å². The number of carbonyl (C=O) groups is 4. The highest BCUT2D eigenvalue weighted by molar-refractivity contribution is 8.24. The average Bonchev–Trinajstić information content (AvgIpc) is 2.68. The molecule has 0 aromatic carbocycles. The van der Waals surface area contributed by atoms with Gasteiger partial charge in [0.15, 0.2) is 11.5 Å². The third-order valence-corrected chi connectivity index (χ3v) is 5.70. The van der Waals surface area contributed by atoms with Crippen LogP contribution in [0.25, 0.3) is 0 Å². The van der Waals surface area contributed by atoms with E-state index in [0.717, 1.165) is 5.41 Å². The predicted octanol–water partition coefficient (Wildman–Crippen LogP) is 0.274. The van der Waals surface area contributed by atoms with Crippen LogP contribution in [0.3, 0.4) is 0 Å². The van der Waals surface area contributed by atoms with Crippen molar-refractivity contribution >= 4 is 34.8 Å². The minimum atomic E-state index is -2.23.